The topological polar surface area (TPSA) is 41.6 Å². The molecule has 0 saturated carbocycles. The summed E-state index contributed by atoms with van der Waals surface area (Å²) < 4.78 is 5.53. The molecule has 2 unspecified atom stereocenters. The maximum Gasteiger partial charge on any atom is 0.227 e. The minimum atomic E-state index is -0.0888. The van der Waals surface area contributed by atoms with Crippen LogP contribution in [0.4, 0.5) is 0 Å². The molecule has 1 amide bonds. The first-order chi connectivity index (χ1) is 13.7. The molecule has 4 heteroatoms. The maximum absolute atomic E-state index is 13.1. The summed E-state index contributed by atoms with van der Waals surface area (Å²) in [4.78, 5) is 15.5. The first-order valence-corrected chi connectivity index (χ1v) is 10.4. The van der Waals surface area contributed by atoms with Gasteiger partial charge in [-0.3, -0.25) is 9.69 Å². The molecule has 3 rings (SSSR count). The van der Waals surface area contributed by atoms with Gasteiger partial charge in [0.05, 0.1) is 25.2 Å². The van der Waals surface area contributed by atoms with Crippen molar-refractivity contribution in [3.8, 4) is 0 Å². The Morgan fingerprint density at radius 2 is 1.79 bits per heavy atom. The molecule has 0 spiro atoms. The van der Waals surface area contributed by atoms with Gasteiger partial charge in [-0.2, -0.15) is 0 Å². The minimum absolute atomic E-state index is 0.0888. The van der Waals surface area contributed by atoms with Gasteiger partial charge in [0, 0.05) is 19.6 Å². The third-order valence-electron chi connectivity index (χ3n) is 5.48. The molecular weight excluding hydrogens is 348 g/mol. The summed E-state index contributed by atoms with van der Waals surface area (Å²) in [7, 11) is 0. The van der Waals surface area contributed by atoms with Gasteiger partial charge in [-0.1, -0.05) is 73.5 Å². The Hall–Kier alpha value is -2.17. The molecule has 1 aliphatic rings. The molecule has 0 aliphatic carbocycles. The lowest BCUT2D eigenvalue weighted by Crippen LogP contribution is -2.44. The quantitative estimate of drug-likeness (QED) is 0.751. The van der Waals surface area contributed by atoms with E-state index < -0.39 is 0 Å². The van der Waals surface area contributed by atoms with E-state index >= 15 is 0 Å². The van der Waals surface area contributed by atoms with Crippen LogP contribution in [0.15, 0.2) is 54.6 Å². The molecule has 0 radical (unpaired) electrons. The second-order valence-corrected chi connectivity index (χ2v) is 7.58. The number of aryl methyl sites for hydroxylation is 1. The van der Waals surface area contributed by atoms with E-state index in [-0.39, 0.29) is 17.9 Å². The average molecular weight is 381 g/mol. The number of benzene rings is 2. The highest BCUT2D eigenvalue weighted by molar-refractivity contribution is 5.83. The number of rotatable bonds is 8. The fourth-order valence-corrected chi connectivity index (χ4v) is 3.97. The van der Waals surface area contributed by atoms with Crippen molar-refractivity contribution in [2.45, 2.75) is 38.6 Å². The first kappa shape index (κ1) is 20.6. The van der Waals surface area contributed by atoms with Gasteiger partial charge in [0.25, 0.3) is 0 Å². The van der Waals surface area contributed by atoms with E-state index in [0.717, 1.165) is 44.7 Å². The number of nitrogens with one attached hydrogen (secondary N) is 1. The number of amides is 1. The van der Waals surface area contributed by atoms with Crippen LogP contribution in [0.1, 0.15) is 48.4 Å². The largest absolute Gasteiger partial charge is 0.379 e. The number of carbonyl (C=O) groups excluding carboxylic acids is 1. The smallest absolute Gasteiger partial charge is 0.227 e. The highest BCUT2D eigenvalue weighted by Crippen LogP contribution is 2.24. The van der Waals surface area contributed by atoms with Crippen molar-refractivity contribution < 1.29 is 9.53 Å². The van der Waals surface area contributed by atoms with Crippen LogP contribution in [-0.2, 0) is 9.53 Å². The molecule has 0 aromatic heterocycles. The highest BCUT2D eigenvalue weighted by atomic mass is 16.5. The Bertz CT molecular complexity index is 741. The molecule has 28 heavy (non-hydrogen) atoms. The number of hydrogen-bond donors (Lipinski definition) is 1. The summed E-state index contributed by atoms with van der Waals surface area (Å²) in [5, 5.41) is 3.26. The zero-order chi connectivity index (χ0) is 19.8. The molecule has 1 N–H and O–H groups in total. The predicted molar refractivity (Wildman–Crippen MR) is 113 cm³/mol. The Morgan fingerprint density at radius 1 is 1.07 bits per heavy atom. The van der Waals surface area contributed by atoms with E-state index in [1.165, 1.54) is 11.1 Å². The number of carbonyl (C=O) groups is 1. The molecule has 1 saturated heterocycles. The summed E-state index contributed by atoms with van der Waals surface area (Å²) in [6.45, 7) is 8.15. The molecule has 2 atom stereocenters. The summed E-state index contributed by atoms with van der Waals surface area (Å²) in [5.41, 5.74) is 3.60. The highest BCUT2D eigenvalue weighted by Gasteiger charge is 2.25. The summed E-state index contributed by atoms with van der Waals surface area (Å²) in [6.07, 6.45) is 1.85. The molecule has 1 heterocycles. The monoisotopic (exact) mass is 380 g/mol. The zero-order valence-electron chi connectivity index (χ0n) is 17.1. The number of morpholine rings is 1. The first-order valence-electron chi connectivity index (χ1n) is 10.4. The number of nitrogens with zero attached hydrogens (tertiary/aromatic N) is 1. The second-order valence-electron chi connectivity index (χ2n) is 7.58. The van der Waals surface area contributed by atoms with E-state index in [9.17, 15) is 4.79 Å². The third kappa shape index (κ3) is 5.43. The Morgan fingerprint density at radius 3 is 2.46 bits per heavy atom. The molecule has 2 aromatic carbocycles. The molecule has 0 bridgehead atoms. The predicted octanol–water partition coefficient (Wildman–Crippen LogP) is 4.07. The standard InChI is InChI=1S/C24H32N2O2/c1-3-8-22(20-10-5-4-6-11-20)24(27)25-18-23(26-13-15-28-16-14-26)21-12-7-9-19(2)17-21/h4-7,9-12,17,22-23H,3,8,13-16,18H2,1-2H3,(H,25,27). The van der Waals surface area contributed by atoms with Crippen LogP contribution in [0, 0.1) is 6.92 Å². The van der Waals surface area contributed by atoms with Gasteiger partial charge >= 0.3 is 0 Å². The van der Waals surface area contributed by atoms with Gasteiger partial charge in [-0.25, -0.2) is 0 Å². The Kier molecular flexibility index (Phi) is 7.63. The van der Waals surface area contributed by atoms with Crippen LogP contribution in [0.3, 0.4) is 0 Å². The molecule has 4 nitrogen and oxygen atoms in total. The summed E-state index contributed by atoms with van der Waals surface area (Å²) in [6, 6.07) is 18.9. The molecular formula is C24H32N2O2. The van der Waals surface area contributed by atoms with E-state index in [1.54, 1.807) is 0 Å². The van der Waals surface area contributed by atoms with Gasteiger partial charge in [0.1, 0.15) is 0 Å². The normalized spacial score (nSPS) is 17.1. The van der Waals surface area contributed by atoms with E-state index in [2.05, 4.69) is 60.5 Å². The van der Waals surface area contributed by atoms with Crippen LogP contribution in [0.5, 0.6) is 0 Å². The van der Waals surface area contributed by atoms with E-state index in [1.807, 2.05) is 18.2 Å². The van der Waals surface area contributed by atoms with Gasteiger partial charge in [-0.15, -0.1) is 0 Å². The minimum Gasteiger partial charge on any atom is -0.379 e. The van der Waals surface area contributed by atoms with Crippen molar-refractivity contribution in [3.05, 3.63) is 71.3 Å². The van der Waals surface area contributed by atoms with E-state index in [0.29, 0.717) is 6.54 Å². The lowest BCUT2D eigenvalue weighted by molar-refractivity contribution is -0.123. The fourth-order valence-electron chi connectivity index (χ4n) is 3.97. The summed E-state index contributed by atoms with van der Waals surface area (Å²) >= 11 is 0. The van der Waals surface area contributed by atoms with Gasteiger partial charge < -0.3 is 10.1 Å². The van der Waals surface area contributed by atoms with Crippen LogP contribution >= 0.6 is 0 Å². The summed E-state index contributed by atoms with van der Waals surface area (Å²) in [5.74, 6) is 0.0352. The van der Waals surface area contributed by atoms with Gasteiger partial charge in [-0.05, 0) is 24.5 Å². The maximum atomic E-state index is 13.1. The van der Waals surface area contributed by atoms with Crippen LogP contribution in [0.2, 0.25) is 0 Å². The van der Waals surface area contributed by atoms with Crippen molar-refractivity contribution in [2.24, 2.45) is 0 Å². The molecule has 150 valence electrons. The molecule has 2 aromatic rings. The van der Waals surface area contributed by atoms with Crippen molar-refractivity contribution >= 4 is 5.91 Å². The number of hydrogen-bond acceptors (Lipinski definition) is 3. The van der Waals surface area contributed by atoms with Gasteiger partial charge in [0.2, 0.25) is 5.91 Å². The van der Waals surface area contributed by atoms with E-state index in [4.69, 9.17) is 4.74 Å². The van der Waals surface area contributed by atoms with Crippen LogP contribution in [-0.4, -0.2) is 43.7 Å². The molecule has 1 fully saturated rings. The van der Waals surface area contributed by atoms with Crippen LogP contribution < -0.4 is 5.32 Å². The Labute approximate surface area is 168 Å². The average Bonchev–Trinajstić information content (AvgIpc) is 2.73. The van der Waals surface area contributed by atoms with Crippen molar-refractivity contribution in [1.82, 2.24) is 10.2 Å². The SMILES string of the molecule is CCCC(C(=O)NCC(c1cccc(C)c1)N1CCOCC1)c1ccccc1. The third-order valence-corrected chi connectivity index (χ3v) is 5.48. The fraction of sp³-hybridized carbons (Fsp3) is 0.458. The van der Waals surface area contributed by atoms with Crippen molar-refractivity contribution in [2.75, 3.05) is 32.8 Å². The van der Waals surface area contributed by atoms with Crippen molar-refractivity contribution in [1.29, 1.82) is 0 Å². The lowest BCUT2D eigenvalue weighted by Gasteiger charge is -2.35. The molecule has 1 aliphatic heterocycles. The Balaban J connectivity index is 1.73. The zero-order valence-corrected chi connectivity index (χ0v) is 17.1. The van der Waals surface area contributed by atoms with Crippen molar-refractivity contribution in [3.63, 3.8) is 0 Å². The lowest BCUT2D eigenvalue weighted by atomic mass is 9.93. The van der Waals surface area contributed by atoms with Gasteiger partial charge in [0.15, 0.2) is 0 Å². The second kappa shape index (κ2) is 10.4. The number of ether oxygens (including phenoxy) is 1. The van der Waals surface area contributed by atoms with Crippen LogP contribution in [0.25, 0.3) is 0 Å².